The molecule has 29 heavy (non-hydrogen) atoms. The third kappa shape index (κ3) is 6.31. The number of aryl methyl sites for hydroxylation is 1. The molecule has 1 amide bonds. The number of benzene rings is 2. The van der Waals surface area contributed by atoms with E-state index in [0.29, 0.717) is 37.6 Å². The Kier molecular flexibility index (Phi) is 7.16. The monoisotopic (exact) mass is 394 g/mol. The smallest absolute Gasteiger partial charge is 0.220 e. The summed E-state index contributed by atoms with van der Waals surface area (Å²) in [4.78, 5) is 16.4. The normalized spacial score (nSPS) is 10.4. The molecule has 0 radical (unpaired) electrons. The number of amides is 1. The number of hydrogen-bond donors (Lipinski definition) is 1. The summed E-state index contributed by atoms with van der Waals surface area (Å²) in [7, 11) is 0. The van der Waals surface area contributed by atoms with Crippen LogP contribution < -0.4 is 14.8 Å². The molecule has 0 aliphatic rings. The Morgan fingerprint density at radius 3 is 2.69 bits per heavy atom. The molecule has 3 aromatic rings. The fourth-order valence-electron chi connectivity index (χ4n) is 2.78. The van der Waals surface area contributed by atoms with Gasteiger partial charge in [0.25, 0.3) is 0 Å². The van der Waals surface area contributed by atoms with Gasteiger partial charge in [0.1, 0.15) is 17.3 Å². The van der Waals surface area contributed by atoms with Crippen molar-refractivity contribution < 1.29 is 18.7 Å². The molecular formula is C23H23FN2O3. The topological polar surface area (TPSA) is 60.5 Å². The first-order valence-electron chi connectivity index (χ1n) is 9.50. The minimum atomic E-state index is -0.328. The second kappa shape index (κ2) is 10.2. The molecular weight excluding hydrogens is 371 g/mol. The van der Waals surface area contributed by atoms with Crippen molar-refractivity contribution in [1.29, 1.82) is 0 Å². The van der Waals surface area contributed by atoms with E-state index in [-0.39, 0.29) is 11.7 Å². The number of hydrogen-bond acceptors (Lipinski definition) is 4. The van der Waals surface area contributed by atoms with Gasteiger partial charge in [-0.1, -0.05) is 18.2 Å². The van der Waals surface area contributed by atoms with Crippen LogP contribution in [0.4, 0.5) is 4.39 Å². The van der Waals surface area contributed by atoms with Gasteiger partial charge < -0.3 is 14.8 Å². The van der Waals surface area contributed by atoms with Crippen LogP contribution in [-0.4, -0.2) is 17.5 Å². The molecule has 0 bridgehead atoms. The van der Waals surface area contributed by atoms with Crippen molar-refractivity contribution in [2.24, 2.45) is 0 Å². The zero-order valence-electron chi connectivity index (χ0n) is 16.2. The molecule has 2 aromatic carbocycles. The van der Waals surface area contributed by atoms with E-state index in [1.165, 1.54) is 24.3 Å². The average Bonchev–Trinajstić information content (AvgIpc) is 2.74. The van der Waals surface area contributed by atoms with Crippen LogP contribution in [-0.2, 0) is 17.8 Å². The molecule has 3 rings (SSSR count). The number of carbonyl (C=O) groups excluding carboxylic acids is 1. The molecule has 1 aromatic heterocycles. The van der Waals surface area contributed by atoms with Crippen molar-refractivity contribution in [2.75, 3.05) is 6.61 Å². The molecule has 1 N–H and O–H groups in total. The number of rotatable bonds is 9. The van der Waals surface area contributed by atoms with Crippen molar-refractivity contribution in [3.8, 4) is 17.4 Å². The molecule has 0 unspecified atom stereocenters. The number of nitrogens with one attached hydrogen (secondary N) is 1. The summed E-state index contributed by atoms with van der Waals surface area (Å²) in [5.41, 5.74) is 1.88. The summed E-state index contributed by atoms with van der Waals surface area (Å²) in [6.45, 7) is 2.90. The van der Waals surface area contributed by atoms with Crippen LogP contribution in [0.2, 0.25) is 0 Å². The number of halogens is 1. The summed E-state index contributed by atoms with van der Waals surface area (Å²) >= 11 is 0. The first-order valence-corrected chi connectivity index (χ1v) is 9.50. The van der Waals surface area contributed by atoms with E-state index in [1.807, 2.05) is 37.3 Å². The van der Waals surface area contributed by atoms with E-state index < -0.39 is 0 Å². The highest BCUT2D eigenvalue weighted by Crippen LogP contribution is 2.21. The predicted octanol–water partition coefficient (Wildman–Crippen LogP) is 4.66. The van der Waals surface area contributed by atoms with Crippen molar-refractivity contribution in [3.05, 3.63) is 83.8 Å². The predicted molar refractivity (Wildman–Crippen MR) is 108 cm³/mol. The number of carbonyl (C=O) groups is 1. The Labute approximate surface area is 169 Å². The van der Waals surface area contributed by atoms with Crippen LogP contribution in [0.1, 0.15) is 24.5 Å². The van der Waals surface area contributed by atoms with E-state index in [1.54, 1.807) is 12.3 Å². The SMILES string of the molecule is CCOc1ccccc1CCC(=O)NCc1ccnc(Oc2ccc(F)cc2)c1. The Morgan fingerprint density at radius 2 is 1.90 bits per heavy atom. The van der Waals surface area contributed by atoms with Crippen molar-refractivity contribution in [3.63, 3.8) is 0 Å². The summed E-state index contributed by atoms with van der Waals surface area (Å²) < 4.78 is 24.2. The zero-order chi connectivity index (χ0) is 20.5. The molecule has 5 nitrogen and oxygen atoms in total. The van der Waals surface area contributed by atoms with E-state index in [9.17, 15) is 9.18 Å². The first-order chi connectivity index (χ1) is 14.1. The number of pyridine rings is 1. The lowest BCUT2D eigenvalue weighted by atomic mass is 10.1. The molecule has 0 saturated heterocycles. The molecule has 0 aliphatic heterocycles. The van der Waals surface area contributed by atoms with Gasteiger partial charge in [-0.05, 0) is 60.9 Å². The maximum Gasteiger partial charge on any atom is 0.220 e. The molecule has 6 heteroatoms. The quantitative estimate of drug-likeness (QED) is 0.573. The number of aromatic nitrogens is 1. The van der Waals surface area contributed by atoms with Crippen LogP contribution >= 0.6 is 0 Å². The zero-order valence-corrected chi connectivity index (χ0v) is 16.2. The van der Waals surface area contributed by atoms with Gasteiger partial charge in [-0.2, -0.15) is 0 Å². The summed E-state index contributed by atoms with van der Waals surface area (Å²) in [5, 5.41) is 2.91. The standard InChI is InChI=1S/C23H23FN2O3/c1-2-28-21-6-4-3-5-18(21)7-12-22(27)26-16-17-13-14-25-23(15-17)29-20-10-8-19(24)9-11-20/h3-6,8-11,13-15H,2,7,12,16H2,1H3,(H,26,27). The van der Waals surface area contributed by atoms with E-state index in [0.717, 1.165) is 16.9 Å². The van der Waals surface area contributed by atoms with E-state index >= 15 is 0 Å². The Balaban J connectivity index is 1.51. The minimum Gasteiger partial charge on any atom is -0.494 e. The molecule has 0 fully saturated rings. The maximum absolute atomic E-state index is 13.0. The Bertz CT molecular complexity index is 945. The number of ether oxygens (including phenoxy) is 2. The van der Waals surface area contributed by atoms with Gasteiger partial charge in [0.15, 0.2) is 0 Å². The van der Waals surface area contributed by atoms with Gasteiger partial charge in [-0.25, -0.2) is 9.37 Å². The molecule has 0 atom stereocenters. The second-order valence-corrected chi connectivity index (χ2v) is 6.38. The highest BCUT2D eigenvalue weighted by Gasteiger charge is 2.07. The van der Waals surface area contributed by atoms with Crippen molar-refractivity contribution in [1.82, 2.24) is 10.3 Å². The summed E-state index contributed by atoms with van der Waals surface area (Å²) in [6, 6.07) is 17.0. The molecule has 150 valence electrons. The molecule has 0 aliphatic carbocycles. The summed E-state index contributed by atoms with van der Waals surface area (Å²) in [5.74, 6) is 1.32. The van der Waals surface area contributed by atoms with Crippen LogP contribution in [0.15, 0.2) is 66.9 Å². The number of nitrogens with zero attached hydrogens (tertiary/aromatic N) is 1. The van der Waals surface area contributed by atoms with Crippen molar-refractivity contribution >= 4 is 5.91 Å². The molecule has 0 saturated carbocycles. The van der Waals surface area contributed by atoms with Gasteiger partial charge >= 0.3 is 0 Å². The van der Waals surface area contributed by atoms with E-state index in [2.05, 4.69) is 10.3 Å². The lowest BCUT2D eigenvalue weighted by Gasteiger charge is -2.10. The first kappa shape index (κ1) is 20.3. The highest BCUT2D eigenvalue weighted by molar-refractivity contribution is 5.76. The van der Waals surface area contributed by atoms with Gasteiger partial charge in [-0.3, -0.25) is 4.79 Å². The van der Waals surface area contributed by atoms with Crippen LogP contribution in [0.5, 0.6) is 17.4 Å². The van der Waals surface area contributed by atoms with Crippen LogP contribution in [0, 0.1) is 5.82 Å². The fourth-order valence-corrected chi connectivity index (χ4v) is 2.78. The van der Waals surface area contributed by atoms with Crippen molar-refractivity contribution in [2.45, 2.75) is 26.3 Å². The highest BCUT2D eigenvalue weighted by atomic mass is 19.1. The third-order valence-corrected chi connectivity index (χ3v) is 4.22. The van der Waals surface area contributed by atoms with E-state index in [4.69, 9.17) is 9.47 Å². The Morgan fingerprint density at radius 1 is 1.10 bits per heavy atom. The third-order valence-electron chi connectivity index (χ3n) is 4.22. The minimum absolute atomic E-state index is 0.0471. The second-order valence-electron chi connectivity index (χ2n) is 6.38. The van der Waals surface area contributed by atoms with Gasteiger partial charge in [0.2, 0.25) is 11.8 Å². The van der Waals surface area contributed by atoms with Gasteiger partial charge in [-0.15, -0.1) is 0 Å². The average molecular weight is 394 g/mol. The van der Waals surface area contributed by atoms with Crippen LogP contribution in [0.3, 0.4) is 0 Å². The lowest BCUT2D eigenvalue weighted by Crippen LogP contribution is -2.23. The van der Waals surface area contributed by atoms with Gasteiger partial charge in [0, 0.05) is 25.2 Å². The molecule has 1 heterocycles. The maximum atomic E-state index is 13.0. The van der Waals surface area contributed by atoms with Crippen LogP contribution in [0.25, 0.3) is 0 Å². The lowest BCUT2D eigenvalue weighted by molar-refractivity contribution is -0.121. The van der Waals surface area contributed by atoms with Gasteiger partial charge in [0.05, 0.1) is 6.61 Å². The molecule has 0 spiro atoms. The summed E-state index contributed by atoms with van der Waals surface area (Å²) in [6.07, 6.45) is 2.59. The largest absolute Gasteiger partial charge is 0.494 e. The Hall–Kier alpha value is -3.41. The fraction of sp³-hybridized carbons (Fsp3) is 0.217. The number of para-hydroxylation sites is 1.